The highest BCUT2D eigenvalue weighted by Crippen LogP contribution is 2.37. The summed E-state index contributed by atoms with van der Waals surface area (Å²) in [7, 11) is 0. The summed E-state index contributed by atoms with van der Waals surface area (Å²) in [5.74, 6) is -0.323. The molecular weight excluding hydrogens is 272 g/mol. The fraction of sp³-hybridized carbons (Fsp3) is 0.533. The molecule has 2 N–H and O–H groups in total. The number of carbonyl (C=O) groups excluding carboxylic acids is 1. The standard InChI is InChI=1S/C15H20N2O4/c1-11-12(5-4-6-13(11)17(20)21)14(19)16-9-15(10-18)7-2-3-8-15/h4-6,18H,2-3,7-10H2,1H3,(H,16,19). The second-order valence-corrected chi connectivity index (χ2v) is 5.75. The van der Waals surface area contributed by atoms with Crippen LogP contribution in [-0.4, -0.2) is 29.1 Å². The van der Waals surface area contributed by atoms with Crippen LogP contribution in [0.1, 0.15) is 41.6 Å². The van der Waals surface area contributed by atoms with Crippen LogP contribution >= 0.6 is 0 Å². The van der Waals surface area contributed by atoms with Gasteiger partial charge in [-0.15, -0.1) is 0 Å². The Kier molecular flexibility index (Phi) is 4.57. The van der Waals surface area contributed by atoms with Gasteiger partial charge in [0.25, 0.3) is 11.6 Å². The van der Waals surface area contributed by atoms with Crippen molar-refractivity contribution in [3.05, 3.63) is 39.4 Å². The number of nitro groups is 1. The molecule has 0 unspecified atom stereocenters. The molecule has 21 heavy (non-hydrogen) atoms. The van der Waals surface area contributed by atoms with Crippen molar-refractivity contribution in [3.8, 4) is 0 Å². The van der Waals surface area contributed by atoms with Crippen LogP contribution < -0.4 is 5.32 Å². The predicted octanol–water partition coefficient (Wildman–Crippen LogP) is 2.19. The number of hydrogen-bond acceptors (Lipinski definition) is 4. The summed E-state index contributed by atoms with van der Waals surface area (Å²) in [6, 6.07) is 4.48. The van der Waals surface area contributed by atoms with E-state index in [-0.39, 0.29) is 23.6 Å². The lowest BCUT2D eigenvalue weighted by Gasteiger charge is -2.26. The van der Waals surface area contributed by atoms with E-state index in [1.54, 1.807) is 13.0 Å². The second kappa shape index (κ2) is 6.22. The van der Waals surface area contributed by atoms with Gasteiger partial charge < -0.3 is 10.4 Å². The average Bonchev–Trinajstić information content (AvgIpc) is 2.94. The van der Waals surface area contributed by atoms with E-state index < -0.39 is 4.92 Å². The summed E-state index contributed by atoms with van der Waals surface area (Å²) in [5, 5.41) is 23.3. The smallest absolute Gasteiger partial charge is 0.273 e. The summed E-state index contributed by atoms with van der Waals surface area (Å²) in [5.41, 5.74) is 0.393. The van der Waals surface area contributed by atoms with Crippen LogP contribution in [0, 0.1) is 22.5 Å². The van der Waals surface area contributed by atoms with E-state index in [0.29, 0.717) is 17.7 Å². The molecule has 1 aromatic carbocycles. The van der Waals surface area contributed by atoms with E-state index in [4.69, 9.17) is 0 Å². The van der Waals surface area contributed by atoms with Crippen molar-refractivity contribution in [3.63, 3.8) is 0 Å². The first kappa shape index (κ1) is 15.4. The van der Waals surface area contributed by atoms with Crippen LogP contribution in [0.4, 0.5) is 5.69 Å². The largest absolute Gasteiger partial charge is 0.396 e. The van der Waals surface area contributed by atoms with Gasteiger partial charge in [-0.05, 0) is 25.8 Å². The highest BCUT2D eigenvalue weighted by Gasteiger charge is 2.33. The van der Waals surface area contributed by atoms with Crippen molar-refractivity contribution in [2.75, 3.05) is 13.2 Å². The molecule has 0 atom stereocenters. The molecule has 1 aromatic rings. The van der Waals surface area contributed by atoms with Crippen LogP contribution in [0.15, 0.2) is 18.2 Å². The Labute approximate surface area is 123 Å². The Morgan fingerprint density at radius 1 is 1.43 bits per heavy atom. The maximum Gasteiger partial charge on any atom is 0.273 e. The number of aliphatic hydroxyl groups excluding tert-OH is 1. The summed E-state index contributed by atoms with van der Waals surface area (Å²) in [6.45, 7) is 2.04. The molecule has 0 saturated heterocycles. The van der Waals surface area contributed by atoms with Crippen molar-refractivity contribution in [2.24, 2.45) is 5.41 Å². The maximum absolute atomic E-state index is 12.2. The van der Waals surface area contributed by atoms with Gasteiger partial charge in [-0.1, -0.05) is 18.9 Å². The number of carbonyl (C=O) groups is 1. The zero-order valence-electron chi connectivity index (χ0n) is 12.1. The third kappa shape index (κ3) is 3.21. The first-order valence-corrected chi connectivity index (χ1v) is 7.12. The number of benzene rings is 1. The van der Waals surface area contributed by atoms with Crippen LogP contribution in [0.25, 0.3) is 0 Å². The molecule has 114 valence electrons. The molecule has 0 bridgehead atoms. The fourth-order valence-electron chi connectivity index (χ4n) is 2.95. The van der Waals surface area contributed by atoms with Crippen LogP contribution in [0.5, 0.6) is 0 Å². The third-order valence-electron chi connectivity index (χ3n) is 4.37. The zero-order valence-corrected chi connectivity index (χ0v) is 12.1. The van der Waals surface area contributed by atoms with Crippen molar-refractivity contribution in [1.82, 2.24) is 5.32 Å². The van der Waals surface area contributed by atoms with Gasteiger partial charge in [-0.2, -0.15) is 0 Å². The topological polar surface area (TPSA) is 92.5 Å². The first-order chi connectivity index (χ1) is 9.99. The quantitative estimate of drug-likeness (QED) is 0.642. The van der Waals surface area contributed by atoms with E-state index >= 15 is 0 Å². The molecule has 6 heteroatoms. The lowest BCUT2D eigenvalue weighted by atomic mass is 9.87. The molecule has 1 aliphatic carbocycles. The maximum atomic E-state index is 12.2. The molecule has 1 aliphatic rings. The molecule has 0 heterocycles. The Morgan fingerprint density at radius 2 is 2.10 bits per heavy atom. The summed E-state index contributed by atoms with van der Waals surface area (Å²) >= 11 is 0. The van der Waals surface area contributed by atoms with Crippen molar-refractivity contribution in [2.45, 2.75) is 32.6 Å². The van der Waals surface area contributed by atoms with Crippen molar-refractivity contribution >= 4 is 11.6 Å². The summed E-state index contributed by atoms with van der Waals surface area (Å²) in [4.78, 5) is 22.7. The number of nitro benzene ring substituents is 1. The predicted molar refractivity (Wildman–Crippen MR) is 78.2 cm³/mol. The number of hydrogen-bond donors (Lipinski definition) is 2. The number of rotatable bonds is 5. The minimum absolute atomic E-state index is 0.0552. The highest BCUT2D eigenvalue weighted by atomic mass is 16.6. The minimum atomic E-state index is -0.488. The fourth-order valence-corrected chi connectivity index (χ4v) is 2.95. The summed E-state index contributed by atoms with van der Waals surface area (Å²) < 4.78 is 0. The van der Waals surface area contributed by atoms with Gasteiger partial charge in [-0.3, -0.25) is 14.9 Å². The molecule has 0 spiro atoms. The second-order valence-electron chi connectivity index (χ2n) is 5.75. The SMILES string of the molecule is Cc1c(C(=O)NCC2(CO)CCCC2)cccc1[N+](=O)[O-]. The molecule has 1 saturated carbocycles. The van der Waals surface area contributed by atoms with Gasteiger partial charge in [0.15, 0.2) is 0 Å². The molecule has 0 aliphatic heterocycles. The average molecular weight is 292 g/mol. The molecule has 0 aromatic heterocycles. The molecule has 0 radical (unpaired) electrons. The number of amides is 1. The molecular formula is C15H20N2O4. The Balaban J connectivity index is 2.10. The van der Waals surface area contributed by atoms with E-state index in [0.717, 1.165) is 25.7 Å². The molecule has 6 nitrogen and oxygen atoms in total. The van der Waals surface area contributed by atoms with Gasteiger partial charge in [0.2, 0.25) is 0 Å². The van der Waals surface area contributed by atoms with Crippen molar-refractivity contribution < 1.29 is 14.8 Å². The van der Waals surface area contributed by atoms with Gasteiger partial charge in [0, 0.05) is 29.2 Å². The van der Waals surface area contributed by atoms with Crippen LogP contribution in [0.3, 0.4) is 0 Å². The Bertz CT molecular complexity index is 551. The van der Waals surface area contributed by atoms with Crippen LogP contribution in [-0.2, 0) is 0 Å². The minimum Gasteiger partial charge on any atom is -0.396 e. The molecule has 1 amide bonds. The van der Waals surface area contributed by atoms with Gasteiger partial charge in [-0.25, -0.2) is 0 Å². The van der Waals surface area contributed by atoms with E-state index in [9.17, 15) is 20.0 Å². The van der Waals surface area contributed by atoms with Gasteiger partial charge >= 0.3 is 0 Å². The Hall–Kier alpha value is -1.95. The number of nitrogens with zero attached hydrogens (tertiary/aromatic N) is 1. The molecule has 2 rings (SSSR count). The van der Waals surface area contributed by atoms with E-state index in [2.05, 4.69) is 5.32 Å². The third-order valence-corrected chi connectivity index (χ3v) is 4.37. The van der Waals surface area contributed by atoms with Crippen LogP contribution in [0.2, 0.25) is 0 Å². The molecule has 1 fully saturated rings. The lowest BCUT2D eigenvalue weighted by molar-refractivity contribution is -0.385. The number of aliphatic hydroxyl groups is 1. The highest BCUT2D eigenvalue weighted by molar-refractivity contribution is 5.96. The van der Waals surface area contributed by atoms with E-state index in [1.165, 1.54) is 12.1 Å². The van der Waals surface area contributed by atoms with Crippen molar-refractivity contribution in [1.29, 1.82) is 0 Å². The normalized spacial score (nSPS) is 16.7. The Morgan fingerprint density at radius 3 is 2.67 bits per heavy atom. The van der Waals surface area contributed by atoms with Gasteiger partial charge in [0.05, 0.1) is 11.5 Å². The lowest BCUT2D eigenvalue weighted by Crippen LogP contribution is -2.38. The monoisotopic (exact) mass is 292 g/mol. The van der Waals surface area contributed by atoms with E-state index in [1.807, 2.05) is 0 Å². The first-order valence-electron chi connectivity index (χ1n) is 7.12. The summed E-state index contributed by atoms with van der Waals surface area (Å²) in [6.07, 6.45) is 3.92. The van der Waals surface area contributed by atoms with Gasteiger partial charge in [0.1, 0.15) is 0 Å². The number of nitrogens with one attached hydrogen (secondary N) is 1. The zero-order chi connectivity index (χ0) is 15.5.